The predicted molar refractivity (Wildman–Crippen MR) is 67.8 cm³/mol. The molecule has 1 atom stereocenters. The smallest absolute Gasteiger partial charge is 0.239 e. The molecule has 0 fully saturated rings. The van der Waals surface area contributed by atoms with Gasteiger partial charge in [0.15, 0.2) is 0 Å². The van der Waals surface area contributed by atoms with Crippen LogP contribution in [0, 0.1) is 0 Å². The van der Waals surface area contributed by atoms with Crippen LogP contribution < -0.4 is 16.4 Å². The van der Waals surface area contributed by atoms with Gasteiger partial charge in [0.1, 0.15) is 6.54 Å². The van der Waals surface area contributed by atoms with Crippen LogP contribution in [0.25, 0.3) is 0 Å². The van der Waals surface area contributed by atoms with E-state index < -0.39 is 5.91 Å². The van der Waals surface area contributed by atoms with Crippen molar-refractivity contribution in [3.8, 4) is 0 Å². The summed E-state index contributed by atoms with van der Waals surface area (Å²) in [7, 11) is 0. The van der Waals surface area contributed by atoms with Crippen molar-refractivity contribution < 1.29 is 9.59 Å². The van der Waals surface area contributed by atoms with E-state index in [-0.39, 0.29) is 19.0 Å². The average molecular weight is 253 g/mol. The van der Waals surface area contributed by atoms with Gasteiger partial charge in [-0.2, -0.15) is 5.10 Å². The Morgan fingerprint density at radius 2 is 2.28 bits per heavy atom. The van der Waals surface area contributed by atoms with Gasteiger partial charge in [0.25, 0.3) is 0 Å². The quantitative estimate of drug-likeness (QED) is 0.620. The Labute approximate surface area is 106 Å². The Morgan fingerprint density at radius 1 is 1.56 bits per heavy atom. The van der Waals surface area contributed by atoms with Crippen LogP contribution in [0.1, 0.15) is 20.3 Å². The fraction of sp³-hybridized carbons (Fsp3) is 0.545. The molecule has 0 saturated carbocycles. The molecule has 1 aromatic heterocycles. The second-order valence-corrected chi connectivity index (χ2v) is 4.13. The van der Waals surface area contributed by atoms with Crippen LogP contribution in [0.2, 0.25) is 0 Å². The van der Waals surface area contributed by atoms with E-state index in [2.05, 4.69) is 15.7 Å². The summed E-state index contributed by atoms with van der Waals surface area (Å²) in [6, 6.07) is 0.299. The Balaban J connectivity index is 2.40. The summed E-state index contributed by atoms with van der Waals surface area (Å²) in [5, 5.41) is 9.66. The fourth-order valence-corrected chi connectivity index (χ4v) is 1.29. The van der Waals surface area contributed by atoms with E-state index in [9.17, 15) is 9.59 Å². The first-order valence-corrected chi connectivity index (χ1v) is 5.85. The number of carbonyl (C=O) groups excluding carboxylic acids is 2. The molecule has 7 heteroatoms. The van der Waals surface area contributed by atoms with Crippen molar-refractivity contribution in [3.05, 3.63) is 12.4 Å². The van der Waals surface area contributed by atoms with Crippen molar-refractivity contribution in [2.24, 2.45) is 5.73 Å². The van der Waals surface area contributed by atoms with Gasteiger partial charge >= 0.3 is 0 Å². The normalized spacial score (nSPS) is 12.1. The van der Waals surface area contributed by atoms with E-state index >= 15 is 0 Å². The van der Waals surface area contributed by atoms with Gasteiger partial charge in [-0.1, -0.05) is 6.92 Å². The van der Waals surface area contributed by atoms with E-state index in [1.807, 2.05) is 13.8 Å². The number of amides is 2. The lowest BCUT2D eigenvalue weighted by atomic mass is 10.2. The predicted octanol–water partition coefficient (Wildman–Crippen LogP) is -0.305. The SMILES string of the molecule is CCC(C)NCC(=O)Nc1cnn(CC(N)=O)c1. The van der Waals surface area contributed by atoms with Crippen LogP contribution in [0.3, 0.4) is 0 Å². The fourth-order valence-electron chi connectivity index (χ4n) is 1.29. The van der Waals surface area contributed by atoms with Crippen molar-refractivity contribution in [1.82, 2.24) is 15.1 Å². The summed E-state index contributed by atoms with van der Waals surface area (Å²) in [4.78, 5) is 22.2. The second kappa shape index (κ2) is 6.75. The maximum absolute atomic E-state index is 11.6. The first-order chi connectivity index (χ1) is 8.51. The highest BCUT2D eigenvalue weighted by atomic mass is 16.2. The Kier molecular flexibility index (Phi) is 5.31. The molecule has 1 rings (SSSR count). The third kappa shape index (κ3) is 4.96. The van der Waals surface area contributed by atoms with Crippen molar-refractivity contribution >= 4 is 17.5 Å². The molecule has 4 N–H and O–H groups in total. The molecule has 7 nitrogen and oxygen atoms in total. The minimum atomic E-state index is -0.477. The molecule has 18 heavy (non-hydrogen) atoms. The summed E-state index contributed by atoms with van der Waals surface area (Å²) < 4.78 is 1.38. The van der Waals surface area contributed by atoms with Crippen LogP contribution in [0.4, 0.5) is 5.69 Å². The maximum atomic E-state index is 11.6. The number of rotatable bonds is 7. The number of hydrogen-bond donors (Lipinski definition) is 3. The van der Waals surface area contributed by atoms with E-state index in [0.717, 1.165) is 6.42 Å². The number of primary amides is 1. The van der Waals surface area contributed by atoms with Gasteiger partial charge in [0, 0.05) is 12.2 Å². The zero-order valence-corrected chi connectivity index (χ0v) is 10.6. The minimum absolute atomic E-state index is 0.000981. The lowest BCUT2D eigenvalue weighted by Crippen LogP contribution is -2.33. The van der Waals surface area contributed by atoms with Gasteiger partial charge in [-0.15, -0.1) is 0 Å². The van der Waals surface area contributed by atoms with Crippen molar-refractivity contribution in [2.45, 2.75) is 32.9 Å². The molecule has 0 aliphatic carbocycles. The highest BCUT2D eigenvalue weighted by Gasteiger charge is 2.06. The summed E-state index contributed by atoms with van der Waals surface area (Å²) in [6.07, 6.45) is 4.00. The highest BCUT2D eigenvalue weighted by molar-refractivity contribution is 5.92. The van der Waals surface area contributed by atoms with Gasteiger partial charge in [-0.3, -0.25) is 14.3 Å². The third-order valence-electron chi connectivity index (χ3n) is 2.46. The number of nitrogens with zero attached hydrogens (tertiary/aromatic N) is 2. The summed E-state index contributed by atoms with van der Waals surface area (Å²) >= 11 is 0. The molecule has 100 valence electrons. The Bertz CT molecular complexity index is 415. The largest absolute Gasteiger partial charge is 0.368 e. The number of carbonyl (C=O) groups is 2. The summed E-state index contributed by atoms with van der Waals surface area (Å²) in [5.74, 6) is -0.622. The van der Waals surface area contributed by atoms with Crippen molar-refractivity contribution in [2.75, 3.05) is 11.9 Å². The lowest BCUT2D eigenvalue weighted by molar-refractivity contribution is -0.118. The third-order valence-corrected chi connectivity index (χ3v) is 2.46. The van der Waals surface area contributed by atoms with E-state index in [1.165, 1.54) is 10.9 Å². The molecule has 0 aliphatic rings. The molecule has 1 aromatic rings. The topological polar surface area (TPSA) is 102 Å². The Hall–Kier alpha value is -1.89. The van der Waals surface area contributed by atoms with Gasteiger partial charge in [-0.05, 0) is 13.3 Å². The summed E-state index contributed by atoms with van der Waals surface area (Å²) in [5.41, 5.74) is 5.58. The van der Waals surface area contributed by atoms with Crippen molar-refractivity contribution in [1.29, 1.82) is 0 Å². The first-order valence-electron chi connectivity index (χ1n) is 5.85. The Morgan fingerprint density at radius 3 is 2.89 bits per heavy atom. The molecular weight excluding hydrogens is 234 g/mol. The number of nitrogens with two attached hydrogens (primary N) is 1. The lowest BCUT2D eigenvalue weighted by Gasteiger charge is -2.10. The summed E-state index contributed by atoms with van der Waals surface area (Å²) in [6.45, 7) is 4.30. The van der Waals surface area contributed by atoms with Crippen LogP contribution in [0.15, 0.2) is 12.4 Å². The number of hydrogen-bond acceptors (Lipinski definition) is 4. The molecule has 0 bridgehead atoms. The number of anilines is 1. The molecule has 2 amide bonds. The van der Waals surface area contributed by atoms with Crippen LogP contribution in [-0.2, 0) is 16.1 Å². The monoisotopic (exact) mass is 253 g/mol. The molecular formula is C11H19N5O2. The second-order valence-electron chi connectivity index (χ2n) is 4.13. The zero-order chi connectivity index (χ0) is 13.5. The molecule has 0 aromatic carbocycles. The standard InChI is InChI=1S/C11H19N5O2/c1-3-8(2)13-5-11(18)15-9-4-14-16(6-9)7-10(12)17/h4,6,8,13H,3,5,7H2,1-2H3,(H2,12,17)(H,15,18). The number of nitrogens with one attached hydrogen (secondary N) is 2. The first kappa shape index (κ1) is 14.2. The molecule has 0 aliphatic heterocycles. The van der Waals surface area contributed by atoms with Crippen LogP contribution >= 0.6 is 0 Å². The number of aromatic nitrogens is 2. The maximum Gasteiger partial charge on any atom is 0.239 e. The molecule has 0 saturated heterocycles. The van der Waals surface area contributed by atoms with Crippen LogP contribution in [-0.4, -0.2) is 34.2 Å². The highest BCUT2D eigenvalue weighted by Crippen LogP contribution is 2.04. The van der Waals surface area contributed by atoms with Gasteiger partial charge in [0.2, 0.25) is 11.8 Å². The van der Waals surface area contributed by atoms with E-state index in [1.54, 1.807) is 6.20 Å². The molecule has 0 radical (unpaired) electrons. The van der Waals surface area contributed by atoms with E-state index in [0.29, 0.717) is 11.7 Å². The molecule has 1 unspecified atom stereocenters. The van der Waals surface area contributed by atoms with Gasteiger partial charge < -0.3 is 16.4 Å². The average Bonchev–Trinajstić information content (AvgIpc) is 2.72. The molecule has 0 spiro atoms. The minimum Gasteiger partial charge on any atom is -0.368 e. The molecule has 1 heterocycles. The van der Waals surface area contributed by atoms with Gasteiger partial charge in [0.05, 0.1) is 18.4 Å². The van der Waals surface area contributed by atoms with Gasteiger partial charge in [-0.25, -0.2) is 0 Å². The zero-order valence-electron chi connectivity index (χ0n) is 10.6. The van der Waals surface area contributed by atoms with Crippen molar-refractivity contribution in [3.63, 3.8) is 0 Å². The van der Waals surface area contributed by atoms with E-state index in [4.69, 9.17) is 5.73 Å². The van der Waals surface area contributed by atoms with Crippen LogP contribution in [0.5, 0.6) is 0 Å².